The first kappa shape index (κ1) is 22.6. The second-order valence-corrected chi connectivity index (χ2v) is 7.82. The zero-order valence-electron chi connectivity index (χ0n) is 17.9. The van der Waals surface area contributed by atoms with E-state index in [2.05, 4.69) is 20.9 Å². The summed E-state index contributed by atoms with van der Waals surface area (Å²) in [7, 11) is 1.60. The molecule has 1 saturated carbocycles. The SMILES string of the molecule is CNC(=O)c1ccc(CN(CCC(=O)NC(=O)NC2CCCC2)Cc2ccco2)cc1. The second-order valence-electron chi connectivity index (χ2n) is 7.82. The largest absolute Gasteiger partial charge is 0.468 e. The van der Waals surface area contributed by atoms with Crippen molar-refractivity contribution in [3.8, 4) is 0 Å². The lowest BCUT2D eigenvalue weighted by molar-refractivity contribution is -0.120. The van der Waals surface area contributed by atoms with Crippen molar-refractivity contribution in [2.24, 2.45) is 0 Å². The van der Waals surface area contributed by atoms with Gasteiger partial charge in [-0.15, -0.1) is 0 Å². The number of benzene rings is 1. The van der Waals surface area contributed by atoms with Crippen molar-refractivity contribution < 1.29 is 18.8 Å². The molecule has 1 fully saturated rings. The molecule has 4 amide bonds. The molecule has 0 unspecified atom stereocenters. The molecule has 0 saturated heterocycles. The summed E-state index contributed by atoms with van der Waals surface area (Å²) < 4.78 is 5.45. The molecule has 31 heavy (non-hydrogen) atoms. The highest BCUT2D eigenvalue weighted by Gasteiger charge is 2.19. The number of furan rings is 1. The Morgan fingerprint density at radius 2 is 1.81 bits per heavy atom. The minimum atomic E-state index is -0.417. The molecule has 2 aromatic rings. The average Bonchev–Trinajstić information content (AvgIpc) is 3.46. The summed E-state index contributed by atoms with van der Waals surface area (Å²) in [5.74, 6) is 0.350. The minimum absolute atomic E-state index is 0.133. The Hall–Kier alpha value is -3.13. The fourth-order valence-electron chi connectivity index (χ4n) is 3.74. The van der Waals surface area contributed by atoms with Gasteiger partial charge in [-0.3, -0.25) is 19.8 Å². The third-order valence-electron chi connectivity index (χ3n) is 5.41. The Morgan fingerprint density at radius 1 is 1.06 bits per heavy atom. The molecule has 3 rings (SSSR count). The predicted octanol–water partition coefficient (Wildman–Crippen LogP) is 2.80. The van der Waals surface area contributed by atoms with Gasteiger partial charge in [0, 0.05) is 38.2 Å². The van der Waals surface area contributed by atoms with E-state index in [0.29, 0.717) is 25.2 Å². The number of hydrogen-bond acceptors (Lipinski definition) is 5. The van der Waals surface area contributed by atoms with Gasteiger partial charge in [-0.25, -0.2) is 4.79 Å². The van der Waals surface area contributed by atoms with E-state index in [4.69, 9.17) is 4.42 Å². The first-order valence-electron chi connectivity index (χ1n) is 10.7. The maximum absolute atomic E-state index is 12.3. The fourth-order valence-corrected chi connectivity index (χ4v) is 3.74. The number of amides is 4. The fraction of sp³-hybridized carbons (Fsp3) is 0.435. The van der Waals surface area contributed by atoms with Gasteiger partial charge in [0.25, 0.3) is 5.91 Å². The van der Waals surface area contributed by atoms with E-state index in [1.807, 2.05) is 24.3 Å². The van der Waals surface area contributed by atoms with Gasteiger partial charge in [0.1, 0.15) is 5.76 Å². The predicted molar refractivity (Wildman–Crippen MR) is 116 cm³/mol. The van der Waals surface area contributed by atoms with Crippen LogP contribution < -0.4 is 16.0 Å². The highest BCUT2D eigenvalue weighted by atomic mass is 16.3. The molecule has 1 heterocycles. The number of carbonyl (C=O) groups is 3. The Labute approximate surface area is 182 Å². The molecule has 1 aliphatic carbocycles. The molecular weight excluding hydrogens is 396 g/mol. The Morgan fingerprint density at radius 3 is 2.45 bits per heavy atom. The van der Waals surface area contributed by atoms with Crippen LogP contribution in [-0.4, -0.2) is 42.4 Å². The topological polar surface area (TPSA) is 104 Å². The van der Waals surface area contributed by atoms with Gasteiger partial charge < -0.3 is 15.1 Å². The highest BCUT2D eigenvalue weighted by Crippen LogP contribution is 2.17. The molecule has 166 valence electrons. The first-order chi connectivity index (χ1) is 15.0. The van der Waals surface area contributed by atoms with Crippen LogP contribution in [-0.2, 0) is 17.9 Å². The summed E-state index contributed by atoms with van der Waals surface area (Å²) in [5.41, 5.74) is 1.61. The minimum Gasteiger partial charge on any atom is -0.468 e. The molecule has 0 bridgehead atoms. The lowest BCUT2D eigenvalue weighted by atomic mass is 10.1. The molecule has 0 radical (unpaired) electrons. The van der Waals surface area contributed by atoms with Crippen LogP contribution in [0.15, 0.2) is 47.1 Å². The molecule has 1 aromatic carbocycles. The number of rotatable bonds is 9. The van der Waals surface area contributed by atoms with Crippen LogP contribution in [0.1, 0.15) is 53.8 Å². The lowest BCUT2D eigenvalue weighted by Crippen LogP contribution is -2.44. The summed E-state index contributed by atoms with van der Waals surface area (Å²) in [4.78, 5) is 38.1. The zero-order chi connectivity index (χ0) is 22.1. The van der Waals surface area contributed by atoms with Crippen molar-refractivity contribution in [2.45, 2.75) is 51.2 Å². The molecule has 0 aliphatic heterocycles. The van der Waals surface area contributed by atoms with Crippen LogP contribution in [0.5, 0.6) is 0 Å². The van der Waals surface area contributed by atoms with E-state index in [0.717, 1.165) is 37.0 Å². The first-order valence-corrected chi connectivity index (χ1v) is 10.7. The Kier molecular flexibility index (Phi) is 8.23. The van der Waals surface area contributed by atoms with Crippen molar-refractivity contribution in [1.82, 2.24) is 20.9 Å². The normalized spacial score (nSPS) is 13.9. The summed E-state index contributed by atoms with van der Waals surface area (Å²) in [5, 5.41) is 7.89. The van der Waals surface area contributed by atoms with Gasteiger partial charge in [0.15, 0.2) is 0 Å². The Balaban J connectivity index is 1.53. The maximum Gasteiger partial charge on any atom is 0.321 e. The summed E-state index contributed by atoms with van der Waals surface area (Å²) >= 11 is 0. The van der Waals surface area contributed by atoms with Crippen LogP contribution in [0.25, 0.3) is 0 Å². The van der Waals surface area contributed by atoms with Crippen LogP contribution >= 0.6 is 0 Å². The summed E-state index contributed by atoms with van der Waals surface area (Å²) in [6, 6.07) is 10.8. The van der Waals surface area contributed by atoms with Crippen molar-refractivity contribution in [3.05, 3.63) is 59.5 Å². The van der Waals surface area contributed by atoms with E-state index >= 15 is 0 Å². The zero-order valence-corrected chi connectivity index (χ0v) is 17.9. The molecule has 1 aromatic heterocycles. The van der Waals surface area contributed by atoms with E-state index in [9.17, 15) is 14.4 Å². The third-order valence-corrected chi connectivity index (χ3v) is 5.41. The quantitative estimate of drug-likeness (QED) is 0.572. The van der Waals surface area contributed by atoms with E-state index < -0.39 is 6.03 Å². The number of carbonyl (C=O) groups excluding carboxylic acids is 3. The number of nitrogens with zero attached hydrogens (tertiary/aromatic N) is 1. The molecular formula is C23H30N4O4. The third kappa shape index (κ3) is 7.25. The van der Waals surface area contributed by atoms with Gasteiger partial charge in [0.05, 0.1) is 12.8 Å². The molecule has 0 atom stereocenters. The van der Waals surface area contributed by atoms with Crippen molar-refractivity contribution in [1.29, 1.82) is 0 Å². The van der Waals surface area contributed by atoms with Gasteiger partial charge in [-0.05, 0) is 42.7 Å². The van der Waals surface area contributed by atoms with E-state index in [-0.39, 0.29) is 24.3 Å². The summed E-state index contributed by atoms with van der Waals surface area (Å²) in [6.07, 6.45) is 5.98. The molecule has 8 nitrogen and oxygen atoms in total. The maximum atomic E-state index is 12.3. The molecule has 8 heteroatoms. The van der Waals surface area contributed by atoms with Crippen molar-refractivity contribution >= 4 is 17.8 Å². The van der Waals surface area contributed by atoms with E-state index in [1.165, 1.54) is 0 Å². The van der Waals surface area contributed by atoms with Gasteiger partial charge in [-0.2, -0.15) is 0 Å². The van der Waals surface area contributed by atoms with E-state index in [1.54, 1.807) is 25.4 Å². The van der Waals surface area contributed by atoms with Crippen LogP contribution in [0.4, 0.5) is 4.79 Å². The molecule has 1 aliphatic rings. The van der Waals surface area contributed by atoms with Crippen LogP contribution in [0.2, 0.25) is 0 Å². The monoisotopic (exact) mass is 426 g/mol. The standard InChI is InChI=1S/C23H30N4O4/c1-24-22(29)18-10-8-17(9-11-18)15-27(16-20-7-4-14-31-20)13-12-21(28)26-23(30)25-19-5-2-3-6-19/h4,7-11,14,19H,2-3,5-6,12-13,15-16H2,1H3,(H,24,29)(H2,25,26,28,30). The Bertz CT molecular complexity index is 858. The summed E-state index contributed by atoms with van der Waals surface area (Å²) in [6.45, 7) is 1.57. The van der Waals surface area contributed by atoms with Gasteiger partial charge in [0.2, 0.25) is 5.91 Å². The number of nitrogens with one attached hydrogen (secondary N) is 3. The number of hydrogen-bond donors (Lipinski definition) is 3. The highest BCUT2D eigenvalue weighted by molar-refractivity contribution is 5.94. The number of imide groups is 1. The smallest absolute Gasteiger partial charge is 0.321 e. The van der Waals surface area contributed by atoms with Crippen LogP contribution in [0.3, 0.4) is 0 Å². The number of urea groups is 1. The average molecular weight is 427 g/mol. The van der Waals surface area contributed by atoms with Crippen molar-refractivity contribution in [3.63, 3.8) is 0 Å². The van der Waals surface area contributed by atoms with Gasteiger partial charge >= 0.3 is 6.03 Å². The molecule has 3 N–H and O–H groups in total. The van der Waals surface area contributed by atoms with Crippen LogP contribution in [0, 0.1) is 0 Å². The van der Waals surface area contributed by atoms with Gasteiger partial charge in [-0.1, -0.05) is 25.0 Å². The molecule has 0 spiro atoms. The van der Waals surface area contributed by atoms with Crippen molar-refractivity contribution in [2.75, 3.05) is 13.6 Å². The second kappa shape index (κ2) is 11.3. The lowest BCUT2D eigenvalue weighted by Gasteiger charge is -2.21.